The number of piperidine rings is 1. The first-order valence-electron chi connectivity index (χ1n) is 7.14. The molecular weight excluding hydrogens is 290 g/mol. The van der Waals surface area contributed by atoms with Crippen LogP contribution in [0.1, 0.15) is 19.8 Å². The number of carbonyl (C=O) groups excluding carboxylic acids is 1. The van der Waals surface area contributed by atoms with Gasteiger partial charge in [-0.15, -0.1) is 0 Å². The van der Waals surface area contributed by atoms with Crippen molar-refractivity contribution < 1.29 is 13.2 Å². The topological polar surface area (TPSA) is 87.3 Å². The Balaban J connectivity index is 2.00. The predicted molar refractivity (Wildman–Crippen MR) is 81.5 cm³/mol. The molecule has 21 heavy (non-hydrogen) atoms. The van der Waals surface area contributed by atoms with E-state index in [2.05, 4.69) is 15.4 Å². The number of anilines is 1. The number of rotatable bonds is 5. The Kier molecular flexibility index (Phi) is 5.33. The van der Waals surface area contributed by atoms with Crippen LogP contribution in [0.5, 0.6) is 0 Å². The van der Waals surface area contributed by atoms with Gasteiger partial charge in [0.05, 0.1) is 10.8 Å². The Morgan fingerprint density at radius 3 is 2.62 bits per heavy atom. The number of hydrogen-bond acceptors (Lipinski definition) is 4. The molecule has 1 fully saturated rings. The number of benzene rings is 1. The summed E-state index contributed by atoms with van der Waals surface area (Å²) in [6.45, 7) is 3.72. The van der Waals surface area contributed by atoms with Crippen molar-refractivity contribution in [3.63, 3.8) is 0 Å². The first-order chi connectivity index (χ1) is 10.0. The molecule has 3 N–H and O–H groups in total. The summed E-state index contributed by atoms with van der Waals surface area (Å²) in [5, 5.41) is 6.02. The van der Waals surface area contributed by atoms with Crippen LogP contribution in [0.2, 0.25) is 0 Å². The van der Waals surface area contributed by atoms with Crippen LogP contribution < -0.4 is 15.4 Å². The number of carbonyl (C=O) groups is 1. The van der Waals surface area contributed by atoms with Crippen LogP contribution in [0.3, 0.4) is 0 Å². The van der Waals surface area contributed by atoms with Crippen molar-refractivity contribution in [2.75, 3.05) is 25.0 Å². The van der Waals surface area contributed by atoms with Gasteiger partial charge in [-0.05, 0) is 43.7 Å². The number of hydrogen-bond donors (Lipinski definition) is 3. The van der Waals surface area contributed by atoms with Crippen molar-refractivity contribution in [1.82, 2.24) is 10.0 Å². The molecule has 7 heteroatoms. The second kappa shape index (κ2) is 7.02. The first-order valence-corrected chi connectivity index (χ1v) is 8.62. The Morgan fingerprint density at radius 2 is 2.05 bits per heavy atom. The van der Waals surface area contributed by atoms with Gasteiger partial charge < -0.3 is 10.6 Å². The lowest BCUT2D eigenvalue weighted by atomic mass is 9.99. The smallest absolute Gasteiger partial charge is 0.240 e. The maximum Gasteiger partial charge on any atom is 0.240 e. The van der Waals surface area contributed by atoms with Gasteiger partial charge in [0.15, 0.2) is 0 Å². The van der Waals surface area contributed by atoms with Crippen LogP contribution in [0.25, 0.3) is 0 Å². The third kappa shape index (κ3) is 4.26. The highest BCUT2D eigenvalue weighted by atomic mass is 32.2. The molecule has 1 amide bonds. The summed E-state index contributed by atoms with van der Waals surface area (Å²) in [5.41, 5.74) is 0.612. The minimum Gasteiger partial charge on any atom is -0.326 e. The number of amides is 1. The summed E-state index contributed by atoms with van der Waals surface area (Å²) in [6.07, 6.45) is 1.88. The third-order valence-corrected chi connectivity index (χ3v) is 5.00. The molecule has 0 radical (unpaired) electrons. The first kappa shape index (κ1) is 15.9. The molecule has 1 saturated heterocycles. The molecule has 1 heterocycles. The van der Waals surface area contributed by atoms with Crippen LogP contribution in [0, 0.1) is 5.92 Å². The molecule has 1 aliphatic rings. The Morgan fingerprint density at radius 1 is 1.33 bits per heavy atom. The summed E-state index contributed by atoms with van der Waals surface area (Å²) < 4.78 is 26.0. The molecule has 0 aromatic heterocycles. The summed E-state index contributed by atoms with van der Waals surface area (Å²) in [6, 6.07) is 6.20. The van der Waals surface area contributed by atoms with E-state index in [0.29, 0.717) is 18.8 Å². The van der Waals surface area contributed by atoms with Crippen LogP contribution in [0.15, 0.2) is 29.2 Å². The van der Waals surface area contributed by atoms with Crippen molar-refractivity contribution in [1.29, 1.82) is 0 Å². The van der Waals surface area contributed by atoms with Crippen molar-refractivity contribution in [2.45, 2.75) is 24.7 Å². The molecule has 1 unspecified atom stereocenters. The van der Waals surface area contributed by atoms with E-state index in [9.17, 15) is 13.2 Å². The average molecular weight is 311 g/mol. The van der Waals surface area contributed by atoms with Crippen LogP contribution >= 0.6 is 0 Å². The zero-order valence-electron chi connectivity index (χ0n) is 12.1. The molecule has 0 spiro atoms. The normalized spacial score (nSPS) is 19.2. The SMILES string of the molecule is CCNS(=O)(=O)c1ccc(NC(=O)C2CCCNC2)cc1. The molecule has 1 atom stereocenters. The highest BCUT2D eigenvalue weighted by Gasteiger charge is 2.21. The lowest BCUT2D eigenvalue weighted by Gasteiger charge is -2.21. The highest BCUT2D eigenvalue weighted by Crippen LogP contribution is 2.17. The molecule has 116 valence electrons. The second-order valence-corrected chi connectivity index (χ2v) is 6.83. The molecule has 1 aliphatic heterocycles. The van der Waals surface area contributed by atoms with Crippen molar-refractivity contribution >= 4 is 21.6 Å². The largest absolute Gasteiger partial charge is 0.326 e. The van der Waals surface area contributed by atoms with Gasteiger partial charge in [0.25, 0.3) is 0 Å². The van der Waals surface area contributed by atoms with E-state index in [1.54, 1.807) is 19.1 Å². The van der Waals surface area contributed by atoms with Crippen molar-refractivity contribution in [3.8, 4) is 0 Å². The molecule has 1 aromatic rings. The fourth-order valence-corrected chi connectivity index (χ4v) is 3.35. The van der Waals surface area contributed by atoms with Gasteiger partial charge in [0.2, 0.25) is 15.9 Å². The fourth-order valence-electron chi connectivity index (χ4n) is 2.31. The van der Waals surface area contributed by atoms with Crippen molar-refractivity contribution in [2.24, 2.45) is 5.92 Å². The Bertz CT molecular complexity index is 578. The third-order valence-electron chi connectivity index (χ3n) is 3.43. The summed E-state index contributed by atoms with van der Waals surface area (Å²) in [7, 11) is -3.45. The van der Waals surface area contributed by atoms with Gasteiger partial charge in [0.1, 0.15) is 0 Å². The zero-order valence-corrected chi connectivity index (χ0v) is 12.9. The zero-order chi connectivity index (χ0) is 15.3. The van der Waals surface area contributed by atoms with E-state index in [1.165, 1.54) is 12.1 Å². The van der Waals surface area contributed by atoms with Gasteiger partial charge in [-0.1, -0.05) is 6.92 Å². The fraction of sp³-hybridized carbons (Fsp3) is 0.500. The lowest BCUT2D eigenvalue weighted by Crippen LogP contribution is -2.37. The summed E-state index contributed by atoms with van der Waals surface area (Å²) >= 11 is 0. The van der Waals surface area contributed by atoms with Gasteiger partial charge in [-0.25, -0.2) is 13.1 Å². The summed E-state index contributed by atoms with van der Waals surface area (Å²) in [5.74, 6) is -0.0478. The second-order valence-electron chi connectivity index (χ2n) is 5.06. The minimum atomic E-state index is -3.45. The number of sulfonamides is 1. The Hall–Kier alpha value is -1.44. The van der Waals surface area contributed by atoms with Crippen LogP contribution in [-0.4, -0.2) is 34.0 Å². The molecule has 0 saturated carbocycles. The Labute approximate surface area is 125 Å². The number of nitrogens with one attached hydrogen (secondary N) is 3. The van der Waals surface area contributed by atoms with E-state index < -0.39 is 10.0 Å². The maximum absolute atomic E-state index is 12.1. The van der Waals surface area contributed by atoms with E-state index in [-0.39, 0.29) is 16.7 Å². The summed E-state index contributed by atoms with van der Waals surface area (Å²) in [4.78, 5) is 12.3. The minimum absolute atomic E-state index is 0.0236. The molecule has 2 rings (SSSR count). The van der Waals surface area contributed by atoms with Crippen LogP contribution in [0.4, 0.5) is 5.69 Å². The standard InChI is InChI=1S/C14H21N3O3S/c1-2-16-21(19,20)13-7-5-12(6-8-13)17-14(18)11-4-3-9-15-10-11/h5-8,11,15-16H,2-4,9-10H2,1H3,(H,17,18). The van der Waals surface area contributed by atoms with Gasteiger partial charge in [0, 0.05) is 18.8 Å². The van der Waals surface area contributed by atoms with Gasteiger partial charge >= 0.3 is 0 Å². The van der Waals surface area contributed by atoms with Crippen molar-refractivity contribution in [3.05, 3.63) is 24.3 Å². The highest BCUT2D eigenvalue weighted by molar-refractivity contribution is 7.89. The van der Waals surface area contributed by atoms with Gasteiger partial charge in [-0.2, -0.15) is 0 Å². The molecule has 0 aliphatic carbocycles. The predicted octanol–water partition coefficient (Wildman–Crippen LogP) is 0.923. The molecule has 6 nitrogen and oxygen atoms in total. The quantitative estimate of drug-likeness (QED) is 0.755. The molecule has 0 bridgehead atoms. The van der Waals surface area contributed by atoms with Gasteiger partial charge in [-0.3, -0.25) is 4.79 Å². The molecular formula is C14H21N3O3S. The average Bonchev–Trinajstić information content (AvgIpc) is 2.48. The molecule has 1 aromatic carbocycles. The van der Waals surface area contributed by atoms with E-state index in [4.69, 9.17) is 0 Å². The monoisotopic (exact) mass is 311 g/mol. The van der Waals surface area contributed by atoms with E-state index in [0.717, 1.165) is 19.4 Å². The van der Waals surface area contributed by atoms with E-state index >= 15 is 0 Å². The van der Waals surface area contributed by atoms with Crippen LogP contribution in [-0.2, 0) is 14.8 Å². The van der Waals surface area contributed by atoms with E-state index in [1.807, 2.05) is 0 Å². The lowest BCUT2D eigenvalue weighted by molar-refractivity contribution is -0.120. The maximum atomic E-state index is 12.1.